The van der Waals surface area contributed by atoms with Crippen molar-refractivity contribution in [1.82, 2.24) is 15.3 Å². The molecule has 0 saturated carbocycles. The van der Waals surface area contributed by atoms with E-state index >= 15 is 0 Å². The van der Waals surface area contributed by atoms with Gasteiger partial charge in [0.05, 0.1) is 5.52 Å². The summed E-state index contributed by atoms with van der Waals surface area (Å²) in [6.07, 6.45) is 0.333. The monoisotopic (exact) mass is 506 g/mol. The maximum absolute atomic E-state index is 12.8. The third-order valence-corrected chi connectivity index (χ3v) is 6.36. The summed E-state index contributed by atoms with van der Waals surface area (Å²) in [6.45, 7) is 1.61. The zero-order valence-electron chi connectivity index (χ0n) is 20.3. The normalized spacial score (nSPS) is 10.8. The first-order chi connectivity index (χ1) is 18.2. The number of hydrogen-bond donors (Lipinski definition) is 1. The van der Waals surface area contributed by atoms with E-state index in [4.69, 9.17) is 21.6 Å². The Morgan fingerprint density at radius 1 is 0.784 bits per heavy atom. The molecule has 184 valence electrons. The van der Waals surface area contributed by atoms with Gasteiger partial charge in [0.2, 0.25) is 5.91 Å². The SMILES string of the molecule is O=C(CCN(Cc1ccccc1)c1nc(-c2ccccc2)nc2cc(Cl)ccc12)NCc1ccccc1. The molecule has 1 heterocycles. The second-order valence-corrected chi connectivity index (χ2v) is 9.25. The Bertz CT molecular complexity index is 1480. The van der Waals surface area contributed by atoms with Crippen LogP contribution in [0.15, 0.2) is 109 Å². The van der Waals surface area contributed by atoms with Gasteiger partial charge in [0.15, 0.2) is 5.82 Å². The van der Waals surface area contributed by atoms with Crippen molar-refractivity contribution in [2.75, 3.05) is 11.4 Å². The summed E-state index contributed by atoms with van der Waals surface area (Å²) in [4.78, 5) is 24.8. The smallest absolute Gasteiger partial charge is 0.222 e. The van der Waals surface area contributed by atoms with Gasteiger partial charge in [0, 0.05) is 42.0 Å². The Kier molecular flexibility index (Phi) is 7.72. The lowest BCUT2D eigenvalue weighted by molar-refractivity contribution is -0.121. The Hall–Kier alpha value is -4.22. The van der Waals surface area contributed by atoms with E-state index in [1.54, 1.807) is 0 Å². The summed E-state index contributed by atoms with van der Waals surface area (Å²) < 4.78 is 0. The topological polar surface area (TPSA) is 58.1 Å². The first-order valence-electron chi connectivity index (χ1n) is 12.3. The van der Waals surface area contributed by atoms with Crippen LogP contribution in [0, 0.1) is 0 Å². The van der Waals surface area contributed by atoms with Gasteiger partial charge in [-0.15, -0.1) is 0 Å². The van der Waals surface area contributed by atoms with Gasteiger partial charge in [-0.2, -0.15) is 0 Å². The summed E-state index contributed by atoms with van der Waals surface area (Å²) in [5.41, 5.74) is 3.89. The van der Waals surface area contributed by atoms with Gasteiger partial charge in [-0.1, -0.05) is 103 Å². The molecule has 5 rings (SSSR count). The molecule has 0 unspecified atom stereocenters. The van der Waals surface area contributed by atoms with Crippen molar-refractivity contribution in [3.8, 4) is 11.4 Å². The number of hydrogen-bond acceptors (Lipinski definition) is 4. The molecule has 0 spiro atoms. The first kappa shape index (κ1) is 24.5. The molecule has 4 aromatic carbocycles. The highest BCUT2D eigenvalue weighted by molar-refractivity contribution is 6.31. The third kappa shape index (κ3) is 6.32. The molecule has 0 aliphatic heterocycles. The molecule has 0 atom stereocenters. The molecule has 0 aliphatic rings. The minimum atomic E-state index is -0.00777. The van der Waals surface area contributed by atoms with Crippen LogP contribution < -0.4 is 10.2 Å². The second-order valence-electron chi connectivity index (χ2n) is 8.82. The van der Waals surface area contributed by atoms with E-state index in [0.29, 0.717) is 36.9 Å². The number of aromatic nitrogens is 2. The van der Waals surface area contributed by atoms with Crippen molar-refractivity contribution in [1.29, 1.82) is 0 Å². The molecule has 0 fully saturated rings. The molecule has 6 heteroatoms. The van der Waals surface area contributed by atoms with Gasteiger partial charge in [0.1, 0.15) is 5.82 Å². The van der Waals surface area contributed by atoms with Crippen molar-refractivity contribution in [3.05, 3.63) is 125 Å². The fourth-order valence-corrected chi connectivity index (χ4v) is 4.39. The van der Waals surface area contributed by atoms with Crippen molar-refractivity contribution in [2.45, 2.75) is 19.5 Å². The number of amides is 1. The van der Waals surface area contributed by atoms with Crippen LogP contribution in [-0.4, -0.2) is 22.4 Å². The Morgan fingerprint density at radius 3 is 2.14 bits per heavy atom. The summed E-state index contributed by atoms with van der Waals surface area (Å²) in [5, 5.41) is 4.55. The Labute approximate surface area is 221 Å². The van der Waals surface area contributed by atoms with Gasteiger partial charge < -0.3 is 10.2 Å². The standard InChI is InChI=1S/C31H27ClN4O/c32-26-16-17-27-28(20-26)34-30(25-14-8-3-9-15-25)35-31(27)36(22-24-12-6-2-7-13-24)19-18-29(37)33-21-23-10-4-1-5-11-23/h1-17,20H,18-19,21-22H2,(H,33,37). The highest BCUT2D eigenvalue weighted by Crippen LogP contribution is 2.30. The number of fused-ring (bicyclic) bond motifs is 1. The number of halogens is 1. The van der Waals surface area contributed by atoms with Crippen LogP contribution in [0.1, 0.15) is 17.5 Å². The second kappa shape index (κ2) is 11.7. The van der Waals surface area contributed by atoms with Crippen molar-refractivity contribution < 1.29 is 4.79 Å². The average Bonchev–Trinajstić information content (AvgIpc) is 2.95. The summed E-state index contributed by atoms with van der Waals surface area (Å²) >= 11 is 6.34. The maximum Gasteiger partial charge on any atom is 0.222 e. The number of benzene rings is 4. The maximum atomic E-state index is 12.8. The summed E-state index contributed by atoms with van der Waals surface area (Å²) in [6, 6.07) is 35.7. The lowest BCUT2D eigenvalue weighted by Gasteiger charge is -2.25. The van der Waals surface area contributed by atoms with Gasteiger partial charge in [-0.3, -0.25) is 4.79 Å². The van der Waals surface area contributed by atoms with E-state index in [0.717, 1.165) is 33.4 Å². The molecule has 1 aromatic heterocycles. The van der Waals surface area contributed by atoms with Gasteiger partial charge in [-0.05, 0) is 29.3 Å². The molecule has 0 aliphatic carbocycles. The van der Waals surface area contributed by atoms with Crippen LogP contribution in [-0.2, 0) is 17.9 Å². The Balaban J connectivity index is 1.47. The molecule has 5 nitrogen and oxygen atoms in total. The lowest BCUT2D eigenvalue weighted by atomic mass is 10.1. The van der Waals surface area contributed by atoms with Crippen LogP contribution in [0.25, 0.3) is 22.3 Å². The lowest BCUT2D eigenvalue weighted by Crippen LogP contribution is -2.31. The predicted octanol–water partition coefficient (Wildman–Crippen LogP) is 6.66. The first-order valence-corrected chi connectivity index (χ1v) is 12.7. The molecule has 0 bridgehead atoms. The molecule has 1 N–H and O–H groups in total. The van der Waals surface area contributed by atoms with Crippen molar-refractivity contribution in [2.24, 2.45) is 0 Å². The molecule has 0 saturated heterocycles. The fourth-order valence-electron chi connectivity index (χ4n) is 4.23. The van der Waals surface area contributed by atoms with Gasteiger partial charge in [-0.25, -0.2) is 9.97 Å². The highest BCUT2D eigenvalue weighted by atomic mass is 35.5. The van der Waals surface area contributed by atoms with E-state index < -0.39 is 0 Å². The van der Waals surface area contributed by atoms with Crippen molar-refractivity contribution in [3.63, 3.8) is 0 Å². The van der Waals surface area contributed by atoms with Crippen LogP contribution in [0.2, 0.25) is 5.02 Å². The van der Waals surface area contributed by atoms with E-state index in [1.807, 2.05) is 97.1 Å². The number of anilines is 1. The molecule has 37 heavy (non-hydrogen) atoms. The van der Waals surface area contributed by atoms with Crippen LogP contribution >= 0.6 is 11.6 Å². The van der Waals surface area contributed by atoms with Crippen LogP contribution in [0.3, 0.4) is 0 Å². The van der Waals surface area contributed by atoms with E-state index in [2.05, 4.69) is 22.3 Å². The zero-order valence-corrected chi connectivity index (χ0v) is 21.1. The van der Waals surface area contributed by atoms with E-state index in [-0.39, 0.29) is 5.91 Å². The zero-order chi connectivity index (χ0) is 25.5. The number of carbonyl (C=O) groups is 1. The predicted molar refractivity (Wildman–Crippen MR) is 150 cm³/mol. The summed E-state index contributed by atoms with van der Waals surface area (Å²) in [5.74, 6) is 1.39. The number of nitrogens with zero attached hydrogens (tertiary/aromatic N) is 3. The molecular weight excluding hydrogens is 480 g/mol. The molecule has 1 amide bonds. The third-order valence-electron chi connectivity index (χ3n) is 6.13. The van der Waals surface area contributed by atoms with Gasteiger partial charge >= 0.3 is 0 Å². The number of nitrogens with one attached hydrogen (secondary N) is 1. The summed E-state index contributed by atoms with van der Waals surface area (Å²) in [7, 11) is 0. The minimum absolute atomic E-state index is 0.00777. The minimum Gasteiger partial charge on any atom is -0.352 e. The molecule has 5 aromatic rings. The number of carbonyl (C=O) groups excluding carboxylic acids is 1. The largest absolute Gasteiger partial charge is 0.352 e. The Morgan fingerprint density at radius 2 is 1.43 bits per heavy atom. The van der Waals surface area contributed by atoms with E-state index in [9.17, 15) is 4.79 Å². The van der Waals surface area contributed by atoms with Crippen LogP contribution in [0.4, 0.5) is 5.82 Å². The van der Waals surface area contributed by atoms with Crippen LogP contribution in [0.5, 0.6) is 0 Å². The van der Waals surface area contributed by atoms with E-state index in [1.165, 1.54) is 0 Å². The average molecular weight is 507 g/mol. The highest BCUT2D eigenvalue weighted by Gasteiger charge is 2.18. The van der Waals surface area contributed by atoms with Gasteiger partial charge in [0.25, 0.3) is 0 Å². The molecular formula is C31H27ClN4O. The quantitative estimate of drug-likeness (QED) is 0.243. The number of rotatable bonds is 9. The van der Waals surface area contributed by atoms with Crippen molar-refractivity contribution >= 4 is 34.2 Å². The fraction of sp³-hybridized carbons (Fsp3) is 0.129. The molecule has 0 radical (unpaired) electrons.